The van der Waals surface area contributed by atoms with Crippen molar-refractivity contribution in [3.8, 4) is 0 Å². The molecule has 0 spiro atoms. The zero-order valence-electron chi connectivity index (χ0n) is 9.39. The largest absolute Gasteiger partial charge is 0.469 e. The molecule has 0 aliphatic rings. The second-order valence-electron chi connectivity index (χ2n) is 2.88. The first kappa shape index (κ1) is 12.3. The van der Waals surface area contributed by atoms with Crippen LogP contribution >= 0.6 is 0 Å². The van der Waals surface area contributed by atoms with Gasteiger partial charge < -0.3 is 4.42 Å². The van der Waals surface area contributed by atoms with Crippen molar-refractivity contribution in [3.63, 3.8) is 0 Å². The van der Waals surface area contributed by atoms with Crippen molar-refractivity contribution in [1.29, 1.82) is 0 Å². The molecular formula is C12H22O. The van der Waals surface area contributed by atoms with Crippen molar-refractivity contribution < 1.29 is 4.42 Å². The average Bonchev–Trinajstić information content (AvgIpc) is 2.65. The standard InChI is InChI=1S/C10H16O.C2H6/c1-3-5-6-9-7-10(4-2)11-8-9;1-2/h7-8H,3-6H2,1-2H3;1-2H3. The van der Waals surface area contributed by atoms with E-state index < -0.39 is 0 Å². The Hall–Kier alpha value is -0.720. The van der Waals surface area contributed by atoms with Crippen LogP contribution in [0.4, 0.5) is 0 Å². The van der Waals surface area contributed by atoms with Crippen molar-refractivity contribution in [2.75, 3.05) is 0 Å². The van der Waals surface area contributed by atoms with Crippen molar-refractivity contribution in [2.45, 2.75) is 53.4 Å². The minimum atomic E-state index is 1.01. The van der Waals surface area contributed by atoms with E-state index in [1.165, 1.54) is 24.8 Å². The second-order valence-corrected chi connectivity index (χ2v) is 2.88. The molecule has 1 aromatic rings. The SMILES string of the molecule is CC.CCCCc1coc(CC)c1. The van der Waals surface area contributed by atoms with Gasteiger partial charge in [-0.2, -0.15) is 0 Å². The first-order valence-electron chi connectivity index (χ1n) is 5.43. The molecule has 1 heterocycles. The van der Waals surface area contributed by atoms with Crippen LogP contribution in [0.2, 0.25) is 0 Å². The molecule has 0 saturated heterocycles. The summed E-state index contributed by atoms with van der Waals surface area (Å²) in [6.07, 6.45) is 6.58. The average molecular weight is 182 g/mol. The van der Waals surface area contributed by atoms with Gasteiger partial charge in [-0.3, -0.25) is 0 Å². The third-order valence-corrected chi connectivity index (χ3v) is 1.88. The highest BCUT2D eigenvalue weighted by Crippen LogP contribution is 2.10. The van der Waals surface area contributed by atoms with E-state index in [-0.39, 0.29) is 0 Å². The summed E-state index contributed by atoms with van der Waals surface area (Å²) in [6, 6.07) is 2.16. The Kier molecular flexibility index (Phi) is 7.47. The molecule has 0 unspecified atom stereocenters. The van der Waals surface area contributed by atoms with Gasteiger partial charge in [-0.15, -0.1) is 0 Å². The van der Waals surface area contributed by atoms with Gasteiger partial charge in [0.15, 0.2) is 0 Å². The fourth-order valence-corrected chi connectivity index (χ4v) is 1.12. The van der Waals surface area contributed by atoms with E-state index >= 15 is 0 Å². The highest BCUT2D eigenvalue weighted by atomic mass is 16.3. The molecule has 1 nitrogen and oxygen atoms in total. The summed E-state index contributed by atoms with van der Waals surface area (Å²) in [4.78, 5) is 0. The minimum absolute atomic E-state index is 1.01. The van der Waals surface area contributed by atoms with Crippen LogP contribution in [0.3, 0.4) is 0 Å². The lowest BCUT2D eigenvalue weighted by atomic mass is 10.1. The third-order valence-electron chi connectivity index (χ3n) is 1.88. The molecule has 0 saturated carbocycles. The van der Waals surface area contributed by atoms with Gasteiger partial charge in [0.1, 0.15) is 5.76 Å². The van der Waals surface area contributed by atoms with Crippen LogP contribution in [0.25, 0.3) is 0 Å². The first-order valence-corrected chi connectivity index (χ1v) is 5.43. The Balaban J connectivity index is 0.000000671. The maximum atomic E-state index is 5.31. The van der Waals surface area contributed by atoms with Crippen LogP contribution in [0.15, 0.2) is 16.7 Å². The fourth-order valence-electron chi connectivity index (χ4n) is 1.12. The van der Waals surface area contributed by atoms with Gasteiger partial charge in [0.2, 0.25) is 0 Å². The molecule has 0 aliphatic carbocycles. The smallest absolute Gasteiger partial charge is 0.103 e. The molecule has 1 heteroatoms. The maximum absolute atomic E-state index is 5.31. The monoisotopic (exact) mass is 182 g/mol. The summed E-state index contributed by atoms with van der Waals surface area (Å²) >= 11 is 0. The molecule has 1 aromatic heterocycles. The molecule has 1 rings (SSSR count). The predicted molar refractivity (Wildman–Crippen MR) is 58.0 cm³/mol. The van der Waals surface area contributed by atoms with Gasteiger partial charge in [0.05, 0.1) is 6.26 Å². The summed E-state index contributed by atoms with van der Waals surface area (Å²) < 4.78 is 5.31. The Bertz CT molecular complexity index is 201. The van der Waals surface area contributed by atoms with Crippen LogP contribution in [-0.2, 0) is 12.8 Å². The maximum Gasteiger partial charge on any atom is 0.103 e. The zero-order chi connectivity index (χ0) is 10.1. The van der Waals surface area contributed by atoms with E-state index in [4.69, 9.17) is 4.42 Å². The van der Waals surface area contributed by atoms with E-state index in [0.29, 0.717) is 0 Å². The molecular weight excluding hydrogens is 160 g/mol. The third kappa shape index (κ3) is 4.76. The minimum Gasteiger partial charge on any atom is -0.469 e. The molecule has 0 atom stereocenters. The summed E-state index contributed by atoms with van der Waals surface area (Å²) in [7, 11) is 0. The predicted octanol–water partition coefficient (Wildman–Crippen LogP) is 4.21. The highest BCUT2D eigenvalue weighted by molar-refractivity contribution is 5.12. The molecule has 0 aromatic carbocycles. The lowest BCUT2D eigenvalue weighted by Crippen LogP contribution is -1.79. The summed E-state index contributed by atoms with van der Waals surface area (Å²) in [6.45, 7) is 8.32. The number of aryl methyl sites for hydroxylation is 2. The molecule has 13 heavy (non-hydrogen) atoms. The lowest BCUT2D eigenvalue weighted by Gasteiger charge is -1.90. The number of rotatable bonds is 4. The Labute approximate surface area is 82.2 Å². The van der Waals surface area contributed by atoms with E-state index in [2.05, 4.69) is 19.9 Å². The number of furan rings is 1. The molecule has 0 aliphatic heterocycles. The Morgan fingerprint density at radius 1 is 1.23 bits per heavy atom. The van der Waals surface area contributed by atoms with Gasteiger partial charge in [0, 0.05) is 6.42 Å². The van der Waals surface area contributed by atoms with E-state index in [9.17, 15) is 0 Å². The lowest BCUT2D eigenvalue weighted by molar-refractivity contribution is 0.513. The number of hydrogen-bond donors (Lipinski definition) is 0. The van der Waals surface area contributed by atoms with Crippen molar-refractivity contribution >= 4 is 0 Å². The molecule has 0 bridgehead atoms. The highest BCUT2D eigenvalue weighted by Gasteiger charge is 1.97. The van der Waals surface area contributed by atoms with Crippen LogP contribution in [0.1, 0.15) is 51.9 Å². The van der Waals surface area contributed by atoms with Crippen molar-refractivity contribution in [2.24, 2.45) is 0 Å². The van der Waals surface area contributed by atoms with Crippen molar-refractivity contribution in [3.05, 3.63) is 23.7 Å². The summed E-state index contributed by atoms with van der Waals surface area (Å²) in [5, 5.41) is 0. The molecule has 76 valence electrons. The van der Waals surface area contributed by atoms with Crippen molar-refractivity contribution in [1.82, 2.24) is 0 Å². The van der Waals surface area contributed by atoms with E-state index in [0.717, 1.165) is 12.2 Å². The number of hydrogen-bond acceptors (Lipinski definition) is 1. The number of unbranched alkanes of at least 4 members (excludes halogenated alkanes) is 1. The summed E-state index contributed by atoms with van der Waals surface area (Å²) in [5.41, 5.74) is 1.35. The normalized spacial score (nSPS) is 9.23. The van der Waals surface area contributed by atoms with Gasteiger partial charge >= 0.3 is 0 Å². The van der Waals surface area contributed by atoms with E-state index in [1.807, 2.05) is 20.1 Å². The molecule has 0 fully saturated rings. The first-order chi connectivity index (χ1) is 6.36. The molecule has 0 N–H and O–H groups in total. The van der Waals surface area contributed by atoms with Crippen LogP contribution in [0, 0.1) is 0 Å². The zero-order valence-corrected chi connectivity index (χ0v) is 9.39. The van der Waals surface area contributed by atoms with Gasteiger partial charge in [-0.1, -0.05) is 34.1 Å². The quantitative estimate of drug-likeness (QED) is 0.679. The Morgan fingerprint density at radius 2 is 1.92 bits per heavy atom. The Morgan fingerprint density at radius 3 is 2.38 bits per heavy atom. The van der Waals surface area contributed by atoms with Gasteiger partial charge in [-0.05, 0) is 24.5 Å². The van der Waals surface area contributed by atoms with Crippen LogP contribution < -0.4 is 0 Å². The van der Waals surface area contributed by atoms with Gasteiger partial charge in [0.25, 0.3) is 0 Å². The van der Waals surface area contributed by atoms with Crippen LogP contribution in [-0.4, -0.2) is 0 Å². The van der Waals surface area contributed by atoms with Gasteiger partial charge in [-0.25, -0.2) is 0 Å². The van der Waals surface area contributed by atoms with E-state index in [1.54, 1.807) is 0 Å². The molecule has 0 radical (unpaired) electrons. The summed E-state index contributed by atoms with van der Waals surface area (Å²) in [5.74, 6) is 1.11. The van der Waals surface area contributed by atoms with Crippen LogP contribution in [0.5, 0.6) is 0 Å². The topological polar surface area (TPSA) is 13.1 Å². The fraction of sp³-hybridized carbons (Fsp3) is 0.667. The molecule has 0 amide bonds. The second kappa shape index (κ2) is 7.90.